The number of hydrogen-bond donors (Lipinski definition) is 1. The molecule has 5 heteroatoms. The lowest BCUT2D eigenvalue weighted by Crippen LogP contribution is -2.07. The fraction of sp³-hybridized carbons (Fsp3) is 0.133. The maximum absolute atomic E-state index is 12.5. The van der Waals surface area contributed by atoms with Crippen LogP contribution < -0.4 is 15.2 Å². The summed E-state index contributed by atoms with van der Waals surface area (Å²) in [6, 6.07) is 10.6. The van der Waals surface area contributed by atoms with Gasteiger partial charge < -0.3 is 15.2 Å². The van der Waals surface area contributed by atoms with Crippen molar-refractivity contribution < 1.29 is 14.3 Å². The number of carbonyl (C=O) groups is 1. The van der Waals surface area contributed by atoms with Crippen molar-refractivity contribution in [3.8, 4) is 11.5 Å². The highest BCUT2D eigenvalue weighted by Gasteiger charge is 2.17. The molecular weight excluding hydrogens is 369 g/mol. The molecule has 0 aliphatic heterocycles. The summed E-state index contributed by atoms with van der Waals surface area (Å²) in [5, 5.41) is 0. The number of carbonyl (C=O) groups excluding carboxylic acids is 1. The molecule has 104 valence electrons. The quantitative estimate of drug-likeness (QED) is 0.501. The predicted octanol–water partition coefficient (Wildman–Crippen LogP) is 3.12. The second-order valence-electron chi connectivity index (χ2n) is 4.13. The largest absolute Gasteiger partial charge is 0.497 e. The zero-order valence-electron chi connectivity index (χ0n) is 11.1. The summed E-state index contributed by atoms with van der Waals surface area (Å²) in [6.45, 7) is 0. The predicted molar refractivity (Wildman–Crippen MR) is 86.5 cm³/mol. The first kappa shape index (κ1) is 14.6. The van der Waals surface area contributed by atoms with Crippen LogP contribution in [0.4, 0.5) is 5.69 Å². The van der Waals surface area contributed by atoms with E-state index in [1.54, 1.807) is 24.3 Å². The Hall–Kier alpha value is -1.76. The van der Waals surface area contributed by atoms with Crippen LogP contribution in [0.1, 0.15) is 15.9 Å². The van der Waals surface area contributed by atoms with E-state index in [0.29, 0.717) is 28.3 Å². The van der Waals surface area contributed by atoms with Gasteiger partial charge in [0.05, 0.1) is 25.5 Å². The fourth-order valence-corrected chi connectivity index (χ4v) is 2.19. The number of anilines is 1. The summed E-state index contributed by atoms with van der Waals surface area (Å²) < 4.78 is 11.4. The zero-order valence-corrected chi connectivity index (χ0v) is 13.3. The average Bonchev–Trinajstić information content (AvgIpc) is 2.47. The Balaban J connectivity index is 2.50. The van der Waals surface area contributed by atoms with E-state index in [2.05, 4.69) is 22.6 Å². The molecule has 0 saturated carbocycles. The van der Waals surface area contributed by atoms with E-state index in [0.717, 1.165) is 3.57 Å². The molecule has 0 bridgehead atoms. The lowest BCUT2D eigenvalue weighted by molar-refractivity contribution is 0.103. The van der Waals surface area contributed by atoms with Crippen molar-refractivity contribution in [2.75, 3.05) is 20.0 Å². The lowest BCUT2D eigenvalue weighted by atomic mass is 10.0. The van der Waals surface area contributed by atoms with Crippen LogP contribution in [-0.4, -0.2) is 20.0 Å². The van der Waals surface area contributed by atoms with Crippen LogP contribution in [0, 0.1) is 3.57 Å². The summed E-state index contributed by atoms with van der Waals surface area (Å²) in [4.78, 5) is 12.5. The Morgan fingerprint density at radius 1 is 1.10 bits per heavy atom. The molecule has 0 spiro atoms. The molecule has 0 atom stereocenters. The fourth-order valence-electron chi connectivity index (χ4n) is 1.83. The number of ketones is 1. The first-order valence-corrected chi connectivity index (χ1v) is 6.96. The Bertz CT molecular complexity index is 638. The number of halogens is 1. The van der Waals surface area contributed by atoms with Crippen LogP contribution in [0.2, 0.25) is 0 Å². The standard InChI is InChI=1S/C15H14INO3/c1-19-11-7-12(14(17)13(8-11)20-2)15(18)9-3-5-10(16)6-4-9/h3-8H,17H2,1-2H3. The topological polar surface area (TPSA) is 61.6 Å². The minimum absolute atomic E-state index is 0.156. The van der Waals surface area contributed by atoms with Crippen molar-refractivity contribution in [2.24, 2.45) is 0 Å². The highest BCUT2D eigenvalue weighted by atomic mass is 127. The van der Waals surface area contributed by atoms with Crippen molar-refractivity contribution in [2.45, 2.75) is 0 Å². The van der Waals surface area contributed by atoms with Crippen molar-refractivity contribution in [3.63, 3.8) is 0 Å². The van der Waals surface area contributed by atoms with Gasteiger partial charge in [0.2, 0.25) is 0 Å². The number of methoxy groups -OCH3 is 2. The average molecular weight is 383 g/mol. The summed E-state index contributed by atoms with van der Waals surface area (Å²) >= 11 is 2.19. The van der Waals surface area contributed by atoms with E-state index < -0.39 is 0 Å². The highest BCUT2D eigenvalue weighted by molar-refractivity contribution is 14.1. The van der Waals surface area contributed by atoms with E-state index in [9.17, 15) is 4.79 Å². The number of nitrogen functional groups attached to an aromatic ring is 1. The molecule has 0 amide bonds. The van der Waals surface area contributed by atoms with Crippen molar-refractivity contribution in [1.29, 1.82) is 0 Å². The van der Waals surface area contributed by atoms with Gasteiger partial charge in [0, 0.05) is 15.2 Å². The number of hydrogen-bond acceptors (Lipinski definition) is 4. The van der Waals surface area contributed by atoms with Gasteiger partial charge in [-0.2, -0.15) is 0 Å². The third kappa shape index (κ3) is 2.87. The van der Waals surface area contributed by atoms with E-state index in [-0.39, 0.29) is 5.78 Å². The summed E-state index contributed by atoms with van der Waals surface area (Å²) in [5.41, 5.74) is 7.25. The lowest BCUT2D eigenvalue weighted by Gasteiger charge is -2.12. The molecule has 0 aliphatic rings. The van der Waals surface area contributed by atoms with Gasteiger partial charge in [0.15, 0.2) is 5.78 Å². The molecular formula is C15H14INO3. The van der Waals surface area contributed by atoms with Crippen molar-refractivity contribution in [3.05, 3.63) is 51.1 Å². The van der Waals surface area contributed by atoms with E-state index in [1.807, 2.05) is 12.1 Å². The SMILES string of the molecule is COc1cc(OC)c(N)c(C(=O)c2ccc(I)cc2)c1. The summed E-state index contributed by atoms with van der Waals surface area (Å²) in [5.74, 6) is 0.805. The van der Waals surface area contributed by atoms with Gasteiger partial charge in [-0.1, -0.05) is 0 Å². The molecule has 0 heterocycles. The van der Waals surface area contributed by atoms with Gasteiger partial charge in [-0.25, -0.2) is 0 Å². The Morgan fingerprint density at radius 3 is 2.30 bits per heavy atom. The van der Waals surface area contributed by atoms with Gasteiger partial charge >= 0.3 is 0 Å². The third-order valence-electron chi connectivity index (χ3n) is 2.92. The van der Waals surface area contributed by atoms with Gasteiger partial charge in [-0.3, -0.25) is 4.79 Å². The molecule has 20 heavy (non-hydrogen) atoms. The Morgan fingerprint density at radius 2 is 1.75 bits per heavy atom. The smallest absolute Gasteiger partial charge is 0.195 e. The molecule has 0 aromatic heterocycles. The maximum Gasteiger partial charge on any atom is 0.195 e. The van der Waals surface area contributed by atoms with E-state index in [1.165, 1.54) is 14.2 Å². The third-order valence-corrected chi connectivity index (χ3v) is 3.64. The minimum Gasteiger partial charge on any atom is -0.497 e. The molecule has 4 nitrogen and oxygen atoms in total. The van der Waals surface area contributed by atoms with Crippen LogP contribution in [0.25, 0.3) is 0 Å². The molecule has 0 fully saturated rings. The number of nitrogens with two attached hydrogens (primary N) is 1. The number of ether oxygens (including phenoxy) is 2. The monoisotopic (exact) mass is 383 g/mol. The van der Waals surface area contributed by atoms with Crippen LogP contribution in [-0.2, 0) is 0 Å². The molecule has 0 aliphatic carbocycles. The normalized spacial score (nSPS) is 10.2. The van der Waals surface area contributed by atoms with Crippen LogP contribution in [0.5, 0.6) is 11.5 Å². The number of rotatable bonds is 4. The molecule has 0 unspecified atom stereocenters. The van der Waals surface area contributed by atoms with Crippen LogP contribution in [0.3, 0.4) is 0 Å². The van der Waals surface area contributed by atoms with Gasteiger partial charge in [0.1, 0.15) is 11.5 Å². The molecule has 0 radical (unpaired) electrons. The zero-order chi connectivity index (χ0) is 14.7. The molecule has 2 aromatic rings. The molecule has 2 N–H and O–H groups in total. The van der Waals surface area contributed by atoms with Crippen molar-refractivity contribution >= 4 is 34.1 Å². The summed E-state index contributed by atoms with van der Waals surface area (Å²) in [7, 11) is 3.04. The first-order chi connectivity index (χ1) is 9.56. The minimum atomic E-state index is -0.156. The highest BCUT2D eigenvalue weighted by Crippen LogP contribution is 2.32. The molecule has 0 saturated heterocycles. The van der Waals surface area contributed by atoms with Gasteiger partial charge in [0.25, 0.3) is 0 Å². The van der Waals surface area contributed by atoms with Crippen molar-refractivity contribution in [1.82, 2.24) is 0 Å². The van der Waals surface area contributed by atoms with Gasteiger partial charge in [-0.15, -0.1) is 0 Å². The maximum atomic E-state index is 12.5. The Labute approximate surface area is 131 Å². The first-order valence-electron chi connectivity index (χ1n) is 5.88. The second kappa shape index (κ2) is 6.13. The van der Waals surface area contributed by atoms with Gasteiger partial charge in [-0.05, 0) is 52.9 Å². The van der Waals surface area contributed by atoms with E-state index in [4.69, 9.17) is 15.2 Å². The van der Waals surface area contributed by atoms with E-state index >= 15 is 0 Å². The van der Waals surface area contributed by atoms with Crippen LogP contribution in [0.15, 0.2) is 36.4 Å². The Kier molecular flexibility index (Phi) is 4.49. The second-order valence-corrected chi connectivity index (χ2v) is 5.37. The summed E-state index contributed by atoms with van der Waals surface area (Å²) in [6.07, 6.45) is 0. The molecule has 2 aromatic carbocycles. The molecule has 2 rings (SSSR count). The van der Waals surface area contributed by atoms with Crippen LogP contribution >= 0.6 is 22.6 Å². The number of benzene rings is 2.